The fourth-order valence-corrected chi connectivity index (χ4v) is 4.41. The van der Waals surface area contributed by atoms with E-state index in [0.29, 0.717) is 44.0 Å². The number of nitrogens with zero attached hydrogens (tertiary/aromatic N) is 1. The largest absolute Gasteiger partial charge is 0.379 e. The van der Waals surface area contributed by atoms with E-state index in [1.807, 2.05) is 0 Å². The van der Waals surface area contributed by atoms with Crippen LogP contribution in [0.5, 0.6) is 0 Å². The predicted molar refractivity (Wildman–Crippen MR) is 104 cm³/mol. The molecule has 6 nitrogen and oxygen atoms in total. The number of sulfonamides is 1. The van der Waals surface area contributed by atoms with Gasteiger partial charge in [0.25, 0.3) is 0 Å². The summed E-state index contributed by atoms with van der Waals surface area (Å²) in [6, 6.07) is 10.8. The SMILES string of the molecule is Cc1cc(F)ccc1NC(=O)CCc1ccc(S(=O)(=O)N2CCOCC2)cc1. The summed E-state index contributed by atoms with van der Waals surface area (Å²) in [7, 11) is -3.52. The molecule has 1 amide bonds. The second-order valence-corrected chi connectivity index (χ2v) is 8.61. The minimum absolute atomic E-state index is 0.181. The molecule has 8 heteroatoms. The van der Waals surface area contributed by atoms with E-state index in [4.69, 9.17) is 4.74 Å². The van der Waals surface area contributed by atoms with Gasteiger partial charge in [0.2, 0.25) is 15.9 Å². The van der Waals surface area contributed by atoms with Crippen molar-refractivity contribution in [2.75, 3.05) is 31.6 Å². The number of aryl methyl sites for hydroxylation is 2. The van der Waals surface area contributed by atoms with Crippen molar-refractivity contribution in [3.63, 3.8) is 0 Å². The topological polar surface area (TPSA) is 75.7 Å². The molecule has 0 unspecified atom stereocenters. The quantitative estimate of drug-likeness (QED) is 0.800. The van der Waals surface area contributed by atoms with Crippen LogP contribution in [0.25, 0.3) is 0 Å². The van der Waals surface area contributed by atoms with E-state index >= 15 is 0 Å². The average molecular weight is 406 g/mol. The molecule has 1 heterocycles. The molecule has 2 aromatic carbocycles. The van der Waals surface area contributed by atoms with Crippen LogP contribution in [-0.4, -0.2) is 44.9 Å². The van der Waals surface area contributed by atoms with Crippen molar-refractivity contribution in [1.82, 2.24) is 4.31 Å². The molecule has 0 aromatic heterocycles. The second-order valence-electron chi connectivity index (χ2n) is 6.67. The van der Waals surface area contributed by atoms with E-state index in [-0.39, 0.29) is 23.0 Å². The van der Waals surface area contributed by atoms with Crippen LogP contribution in [0, 0.1) is 12.7 Å². The first kappa shape index (κ1) is 20.4. The molecular formula is C20H23FN2O4S. The number of rotatable bonds is 6. The van der Waals surface area contributed by atoms with Crippen LogP contribution in [0.4, 0.5) is 10.1 Å². The number of amides is 1. The summed E-state index contributed by atoms with van der Waals surface area (Å²) >= 11 is 0. The lowest BCUT2D eigenvalue weighted by Crippen LogP contribution is -2.40. The Labute approximate surface area is 164 Å². The zero-order chi connectivity index (χ0) is 20.1. The van der Waals surface area contributed by atoms with Gasteiger partial charge >= 0.3 is 0 Å². The maximum absolute atomic E-state index is 13.1. The summed E-state index contributed by atoms with van der Waals surface area (Å²) in [5, 5.41) is 2.77. The van der Waals surface area contributed by atoms with Gasteiger partial charge in [-0.15, -0.1) is 0 Å². The molecule has 0 bridgehead atoms. The molecule has 0 saturated carbocycles. The third-order valence-corrected chi connectivity index (χ3v) is 6.55. The van der Waals surface area contributed by atoms with Crippen LogP contribution in [0.15, 0.2) is 47.4 Å². The Morgan fingerprint density at radius 2 is 1.82 bits per heavy atom. The van der Waals surface area contributed by atoms with Crippen LogP contribution >= 0.6 is 0 Å². The Balaban J connectivity index is 1.57. The number of halogens is 1. The van der Waals surface area contributed by atoms with Gasteiger partial charge in [-0.2, -0.15) is 4.31 Å². The first-order valence-corrected chi connectivity index (χ1v) is 10.5. The fraction of sp³-hybridized carbons (Fsp3) is 0.350. The maximum atomic E-state index is 13.1. The van der Waals surface area contributed by atoms with E-state index in [9.17, 15) is 17.6 Å². The molecule has 0 radical (unpaired) electrons. The van der Waals surface area contributed by atoms with Crippen molar-refractivity contribution in [3.05, 3.63) is 59.4 Å². The van der Waals surface area contributed by atoms with Gasteiger partial charge in [0.05, 0.1) is 18.1 Å². The molecule has 1 N–H and O–H groups in total. The Kier molecular flexibility index (Phi) is 6.43. The van der Waals surface area contributed by atoms with Crippen LogP contribution in [0.1, 0.15) is 17.5 Å². The normalized spacial score (nSPS) is 15.4. The smallest absolute Gasteiger partial charge is 0.243 e. The highest BCUT2D eigenvalue weighted by Crippen LogP contribution is 2.19. The summed E-state index contributed by atoms with van der Waals surface area (Å²) in [6.07, 6.45) is 0.719. The number of morpholine rings is 1. The second kappa shape index (κ2) is 8.81. The number of hydrogen-bond acceptors (Lipinski definition) is 4. The Morgan fingerprint density at radius 3 is 2.46 bits per heavy atom. The van der Waals surface area contributed by atoms with Crippen LogP contribution in [0.3, 0.4) is 0 Å². The number of ether oxygens (including phenoxy) is 1. The van der Waals surface area contributed by atoms with Crippen molar-refractivity contribution in [1.29, 1.82) is 0 Å². The van der Waals surface area contributed by atoms with Gasteiger partial charge in [-0.25, -0.2) is 12.8 Å². The minimum Gasteiger partial charge on any atom is -0.379 e. The molecular weight excluding hydrogens is 383 g/mol. The molecule has 150 valence electrons. The number of carbonyl (C=O) groups is 1. The van der Waals surface area contributed by atoms with Gasteiger partial charge in [-0.1, -0.05) is 12.1 Å². The molecule has 0 atom stereocenters. The lowest BCUT2D eigenvalue weighted by Gasteiger charge is -2.26. The molecule has 3 rings (SSSR count). The zero-order valence-electron chi connectivity index (χ0n) is 15.7. The highest BCUT2D eigenvalue weighted by Gasteiger charge is 2.26. The number of nitrogens with one attached hydrogen (secondary N) is 1. The van der Waals surface area contributed by atoms with E-state index in [1.54, 1.807) is 31.2 Å². The Bertz CT molecular complexity index is 939. The molecule has 1 saturated heterocycles. The van der Waals surface area contributed by atoms with Gasteiger partial charge in [0.1, 0.15) is 5.82 Å². The number of carbonyl (C=O) groups excluding carboxylic acids is 1. The monoisotopic (exact) mass is 406 g/mol. The Morgan fingerprint density at radius 1 is 1.14 bits per heavy atom. The molecule has 0 aliphatic carbocycles. The average Bonchev–Trinajstić information content (AvgIpc) is 2.69. The van der Waals surface area contributed by atoms with Crippen molar-refractivity contribution < 1.29 is 22.3 Å². The maximum Gasteiger partial charge on any atom is 0.243 e. The first-order chi connectivity index (χ1) is 13.4. The third-order valence-electron chi connectivity index (χ3n) is 4.63. The lowest BCUT2D eigenvalue weighted by atomic mass is 10.1. The van der Waals surface area contributed by atoms with Crippen LogP contribution in [0.2, 0.25) is 0 Å². The molecule has 2 aromatic rings. The highest BCUT2D eigenvalue weighted by molar-refractivity contribution is 7.89. The number of benzene rings is 2. The standard InChI is InChI=1S/C20H23FN2O4S/c1-15-14-17(21)5-8-19(15)22-20(24)9-4-16-2-6-18(7-3-16)28(25,26)23-10-12-27-13-11-23/h2-3,5-8,14H,4,9-13H2,1H3,(H,22,24). The Hall–Kier alpha value is -2.29. The number of hydrogen-bond donors (Lipinski definition) is 1. The third kappa shape index (κ3) is 4.95. The minimum atomic E-state index is -3.52. The van der Waals surface area contributed by atoms with E-state index in [2.05, 4.69) is 5.32 Å². The van der Waals surface area contributed by atoms with Gasteiger partial charge in [0, 0.05) is 25.2 Å². The van der Waals surface area contributed by atoms with Crippen LogP contribution in [-0.2, 0) is 26.0 Å². The van der Waals surface area contributed by atoms with Gasteiger partial charge in [-0.3, -0.25) is 4.79 Å². The lowest BCUT2D eigenvalue weighted by molar-refractivity contribution is -0.116. The van der Waals surface area contributed by atoms with Gasteiger partial charge < -0.3 is 10.1 Å². The van der Waals surface area contributed by atoms with Crippen molar-refractivity contribution >= 4 is 21.6 Å². The van der Waals surface area contributed by atoms with Crippen molar-refractivity contribution in [2.24, 2.45) is 0 Å². The van der Waals surface area contributed by atoms with Crippen molar-refractivity contribution in [3.8, 4) is 0 Å². The summed E-state index contributed by atoms with van der Waals surface area (Å²) in [4.78, 5) is 12.4. The van der Waals surface area contributed by atoms with Crippen molar-refractivity contribution in [2.45, 2.75) is 24.7 Å². The predicted octanol–water partition coefficient (Wildman–Crippen LogP) is 2.73. The number of anilines is 1. The van der Waals surface area contributed by atoms with Gasteiger partial charge in [0.15, 0.2) is 0 Å². The summed E-state index contributed by atoms with van der Waals surface area (Å²) in [5.41, 5.74) is 2.11. The molecule has 1 aliphatic heterocycles. The molecule has 1 aliphatic rings. The van der Waals surface area contributed by atoms with Crippen LogP contribution < -0.4 is 5.32 Å². The van der Waals surface area contributed by atoms with Gasteiger partial charge in [-0.05, 0) is 54.8 Å². The molecule has 28 heavy (non-hydrogen) atoms. The summed E-state index contributed by atoms with van der Waals surface area (Å²) in [6.45, 7) is 3.24. The zero-order valence-corrected chi connectivity index (χ0v) is 16.5. The first-order valence-electron chi connectivity index (χ1n) is 9.09. The molecule has 0 spiro atoms. The van der Waals surface area contributed by atoms with E-state index < -0.39 is 10.0 Å². The molecule has 1 fully saturated rings. The van der Waals surface area contributed by atoms with E-state index in [0.717, 1.165) is 5.56 Å². The summed E-state index contributed by atoms with van der Waals surface area (Å²) < 4.78 is 44.9. The van der Waals surface area contributed by atoms with E-state index in [1.165, 1.54) is 22.5 Å². The fourth-order valence-electron chi connectivity index (χ4n) is 3.00. The highest BCUT2D eigenvalue weighted by atomic mass is 32.2. The summed E-state index contributed by atoms with van der Waals surface area (Å²) in [5.74, 6) is -0.526.